The first-order chi connectivity index (χ1) is 12.1. The summed E-state index contributed by atoms with van der Waals surface area (Å²) in [6.45, 7) is 0.249. The van der Waals surface area contributed by atoms with Crippen LogP contribution < -0.4 is 5.32 Å². The van der Waals surface area contributed by atoms with Crippen LogP contribution in [-0.2, 0) is 22.7 Å². The molecule has 2 amide bonds. The summed E-state index contributed by atoms with van der Waals surface area (Å²) >= 11 is 4.09. The number of hydrogen-bond donors (Lipinski definition) is 2. The number of nitrogens with zero attached hydrogens (tertiary/aromatic N) is 1. The highest BCUT2D eigenvalue weighted by atomic mass is 32.1. The van der Waals surface area contributed by atoms with Crippen LogP contribution in [0.15, 0.2) is 60.7 Å². The number of amides is 2. The maximum Gasteiger partial charge on any atom is 0.507 e. The Kier molecular flexibility index (Phi) is 7.03. The summed E-state index contributed by atoms with van der Waals surface area (Å²) in [5.74, 6) is 0. The second kappa shape index (κ2) is 9.48. The Bertz CT molecular complexity index is 748. The number of carbonyl (C=O) groups excluding carboxylic acids is 2. The van der Waals surface area contributed by atoms with E-state index in [9.17, 15) is 9.59 Å². The Balaban J connectivity index is 1.82. The van der Waals surface area contributed by atoms with Gasteiger partial charge >= 0.3 is 17.4 Å². The van der Waals surface area contributed by atoms with E-state index in [0.717, 1.165) is 15.7 Å². The molecule has 0 saturated carbocycles. The molecule has 2 rings (SSSR count). The number of ether oxygens (including phenoxy) is 2. The lowest BCUT2D eigenvalue weighted by Gasteiger charge is -2.06. The zero-order valence-corrected chi connectivity index (χ0v) is 14.6. The average Bonchev–Trinajstić information content (AvgIpc) is 2.65. The van der Waals surface area contributed by atoms with Crippen molar-refractivity contribution in [3.63, 3.8) is 0 Å². The third-order valence-corrected chi connectivity index (χ3v) is 3.64. The van der Waals surface area contributed by atoms with Gasteiger partial charge in [0.2, 0.25) is 0 Å². The standard InChI is InChI=1S/C18H18N2O4S/c1-20(18(22)24-13-15-10-6-3-7-11-15)16(25)19-17(21)23-12-14-8-4-2-5-9-14/h2-11H,12-13H2,1H3,(H,19,21,25)/p+1. The molecule has 0 unspecified atom stereocenters. The van der Waals surface area contributed by atoms with Crippen molar-refractivity contribution in [2.45, 2.75) is 13.2 Å². The molecule has 0 spiro atoms. The maximum absolute atomic E-state index is 12.0. The van der Waals surface area contributed by atoms with Gasteiger partial charge in [-0.3, -0.25) is 0 Å². The molecule has 0 bridgehead atoms. The molecule has 0 aliphatic rings. The number of hydrogen-bond acceptors (Lipinski definition) is 4. The molecule has 6 nitrogen and oxygen atoms in total. The second-order valence-corrected chi connectivity index (χ2v) is 5.53. The molecule has 0 saturated heterocycles. The number of amidine groups is 1. The van der Waals surface area contributed by atoms with Crippen LogP contribution in [0.25, 0.3) is 0 Å². The zero-order valence-electron chi connectivity index (χ0n) is 13.7. The van der Waals surface area contributed by atoms with E-state index in [0.29, 0.717) is 0 Å². The highest BCUT2D eigenvalue weighted by Crippen LogP contribution is 2.02. The zero-order chi connectivity index (χ0) is 18.1. The lowest BCUT2D eigenvalue weighted by atomic mass is 10.2. The van der Waals surface area contributed by atoms with Gasteiger partial charge in [-0.1, -0.05) is 73.3 Å². The van der Waals surface area contributed by atoms with E-state index in [1.807, 2.05) is 60.7 Å². The van der Waals surface area contributed by atoms with Gasteiger partial charge in [-0.25, -0.2) is 0 Å². The lowest BCUT2D eigenvalue weighted by Crippen LogP contribution is -2.36. The van der Waals surface area contributed by atoms with Crippen molar-refractivity contribution in [1.29, 1.82) is 0 Å². The number of alkyl carbamates (subject to hydrolysis) is 1. The summed E-state index contributed by atoms with van der Waals surface area (Å²) in [7, 11) is 1.44. The molecule has 0 aliphatic carbocycles. The van der Waals surface area contributed by atoms with Crippen molar-refractivity contribution in [3.8, 4) is 0 Å². The van der Waals surface area contributed by atoms with Gasteiger partial charge in [0.05, 0.1) is 7.05 Å². The van der Waals surface area contributed by atoms with Crippen LogP contribution in [0.4, 0.5) is 9.59 Å². The van der Waals surface area contributed by atoms with E-state index in [2.05, 4.69) is 17.9 Å². The minimum atomic E-state index is -0.712. The fourth-order valence-corrected chi connectivity index (χ4v) is 2.01. The summed E-state index contributed by atoms with van der Waals surface area (Å²) in [6, 6.07) is 18.5. The van der Waals surface area contributed by atoms with Gasteiger partial charge in [0.25, 0.3) is 0 Å². The Labute approximate surface area is 151 Å². The highest BCUT2D eigenvalue weighted by Gasteiger charge is 2.19. The molecule has 2 aromatic carbocycles. The van der Waals surface area contributed by atoms with Crippen LogP contribution >= 0.6 is 12.6 Å². The molecule has 130 valence electrons. The van der Waals surface area contributed by atoms with Crippen molar-refractivity contribution in [3.05, 3.63) is 71.8 Å². The summed E-state index contributed by atoms with van der Waals surface area (Å²) in [5.41, 5.74) is 1.72. The van der Waals surface area contributed by atoms with Gasteiger partial charge in [-0.05, 0) is 11.1 Å². The Morgan fingerprint density at radius 3 is 1.92 bits per heavy atom. The normalized spacial score (nSPS) is 11.3. The molecule has 0 aliphatic heterocycles. The molecule has 1 N–H and O–H groups in total. The quantitative estimate of drug-likeness (QED) is 0.381. The summed E-state index contributed by atoms with van der Waals surface area (Å²) in [4.78, 5) is 23.7. The monoisotopic (exact) mass is 359 g/mol. The smallest absolute Gasteiger partial charge is 0.426 e. The van der Waals surface area contributed by atoms with Crippen molar-refractivity contribution in [2.75, 3.05) is 7.05 Å². The van der Waals surface area contributed by atoms with Crippen LogP contribution in [0.5, 0.6) is 0 Å². The molecule has 0 fully saturated rings. The Morgan fingerprint density at radius 1 is 0.920 bits per heavy atom. The van der Waals surface area contributed by atoms with Crippen molar-refractivity contribution < 1.29 is 23.6 Å². The molecular formula is C18H19N2O4S+. The van der Waals surface area contributed by atoms with E-state index in [4.69, 9.17) is 9.47 Å². The van der Waals surface area contributed by atoms with Crippen molar-refractivity contribution in [2.24, 2.45) is 0 Å². The van der Waals surface area contributed by atoms with Crippen LogP contribution in [0, 0.1) is 0 Å². The highest BCUT2D eigenvalue weighted by molar-refractivity contribution is 7.96. The molecule has 0 radical (unpaired) electrons. The number of benzene rings is 2. The van der Waals surface area contributed by atoms with Gasteiger partial charge < -0.3 is 9.47 Å². The maximum atomic E-state index is 12.0. The van der Waals surface area contributed by atoms with Gasteiger partial charge in [-0.15, -0.1) is 0 Å². The second-order valence-electron chi connectivity index (χ2n) is 5.11. The van der Waals surface area contributed by atoms with Crippen molar-refractivity contribution >= 4 is 30.0 Å². The van der Waals surface area contributed by atoms with Crippen LogP contribution in [-0.4, -0.2) is 29.0 Å². The first kappa shape index (κ1) is 18.5. The Morgan fingerprint density at radius 2 is 1.40 bits per heavy atom. The van der Waals surface area contributed by atoms with Gasteiger partial charge in [0.15, 0.2) is 0 Å². The topological polar surface area (TPSA) is 67.6 Å². The minimum absolute atomic E-state index is 0.0103. The van der Waals surface area contributed by atoms with E-state index >= 15 is 0 Å². The predicted octanol–water partition coefficient (Wildman–Crippen LogP) is 3.18. The molecular weight excluding hydrogens is 340 g/mol. The number of nitrogens with one attached hydrogen (secondary N) is 1. The molecule has 25 heavy (non-hydrogen) atoms. The lowest BCUT2D eigenvalue weighted by molar-refractivity contribution is -0.413. The fourth-order valence-electron chi connectivity index (χ4n) is 1.84. The van der Waals surface area contributed by atoms with E-state index < -0.39 is 12.2 Å². The first-order valence-electron chi connectivity index (χ1n) is 7.54. The third-order valence-electron chi connectivity index (χ3n) is 3.22. The molecule has 2 aromatic rings. The van der Waals surface area contributed by atoms with Gasteiger partial charge in [0, 0.05) is 0 Å². The van der Waals surface area contributed by atoms with E-state index in [1.165, 1.54) is 7.05 Å². The third kappa shape index (κ3) is 6.31. The number of carbonyl (C=O) groups is 2. The molecule has 0 aromatic heterocycles. The average molecular weight is 359 g/mol. The first-order valence-corrected chi connectivity index (χ1v) is 7.99. The van der Waals surface area contributed by atoms with Gasteiger partial charge in [-0.2, -0.15) is 19.5 Å². The predicted molar refractivity (Wildman–Crippen MR) is 96.6 cm³/mol. The molecule has 0 atom stereocenters. The van der Waals surface area contributed by atoms with E-state index in [-0.39, 0.29) is 18.4 Å². The largest absolute Gasteiger partial charge is 0.507 e. The molecule has 0 heterocycles. The summed E-state index contributed by atoms with van der Waals surface area (Å²) < 4.78 is 11.3. The van der Waals surface area contributed by atoms with Crippen LogP contribution in [0.1, 0.15) is 11.1 Å². The summed E-state index contributed by atoms with van der Waals surface area (Å²) in [6.07, 6.45) is -1.35. The fraction of sp³-hybridized carbons (Fsp3) is 0.167. The Hall–Kier alpha value is -2.80. The van der Waals surface area contributed by atoms with Crippen LogP contribution in [0.3, 0.4) is 0 Å². The minimum Gasteiger partial charge on any atom is -0.426 e. The van der Waals surface area contributed by atoms with Gasteiger partial charge in [0.1, 0.15) is 13.2 Å². The SMILES string of the molecule is C[N+](C(=O)OCc1ccccc1)=C(S)NC(=O)OCc1ccccc1. The molecule has 7 heteroatoms. The van der Waals surface area contributed by atoms with Crippen LogP contribution in [0.2, 0.25) is 0 Å². The number of rotatable bonds is 4. The van der Waals surface area contributed by atoms with Crippen molar-refractivity contribution in [1.82, 2.24) is 5.32 Å². The number of thiol groups is 1. The van der Waals surface area contributed by atoms with E-state index in [1.54, 1.807) is 0 Å². The summed E-state index contributed by atoms with van der Waals surface area (Å²) in [5, 5.41) is 2.38.